The molecule has 104 valence electrons. The summed E-state index contributed by atoms with van der Waals surface area (Å²) in [5.41, 5.74) is -0.201. The Labute approximate surface area is 104 Å². The first kappa shape index (κ1) is 14.7. The zero-order valence-corrected chi connectivity index (χ0v) is 9.56. The Morgan fingerprint density at radius 1 is 1.42 bits per heavy atom. The molecule has 0 N–H and O–H groups in total. The van der Waals surface area contributed by atoms with Gasteiger partial charge >= 0.3 is 17.8 Å². The van der Waals surface area contributed by atoms with Crippen molar-refractivity contribution in [2.24, 2.45) is 0 Å². The minimum atomic E-state index is -5.08. The number of hydrogen-bond donors (Lipinski definition) is 0. The van der Waals surface area contributed by atoms with Crippen LogP contribution < -0.4 is 4.74 Å². The van der Waals surface area contributed by atoms with Gasteiger partial charge in [0.25, 0.3) is 0 Å². The Bertz CT molecular complexity index is 500. The molecule has 0 fully saturated rings. The number of alkyl halides is 3. The summed E-state index contributed by atoms with van der Waals surface area (Å²) in [4.78, 5) is 20.4. The van der Waals surface area contributed by atoms with E-state index < -0.39 is 23.7 Å². The number of carbonyl (C=O) groups excluding carboxylic acids is 1. The first-order valence-corrected chi connectivity index (χ1v) is 4.81. The molecular formula is C10H8F3NO5. The summed E-state index contributed by atoms with van der Waals surface area (Å²) in [5.74, 6) is -2.46. The highest BCUT2D eigenvalue weighted by atomic mass is 19.4. The van der Waals surface area contributed by atoms with Crippen molar-refractivity contribution in [3.63, 3.8) is 0 Å². The molecule has 0 aromatic heterocycles. The molecule has 0 saturated carbocycles. The fourth-order valence-electron chi connectivity index (χ4n) is 1.19. The number of esters is 1. The zero-order chi connectivity index (χ0) is 14.6. The molecule has 0 spiro atoms. The first-order valence-electron chi connectivity index (χ1n) is 4.81. The molecule has 0 aliphatic carbocycles. The molecule has 19 heavy (non-hydrogen) atoms. The van der Waals surface area contributed by atoms with Crippen LogP contribution in [0, 0.1) is 10.1 Å². The number of hydrogen-bond acceptors (Lipinski definition) is 5. The van der Waals surface area contributed by atoms with Crippen LogP contribution in [0.1, 0.15) is 5.56 Å². The molecule has 0 heterocycles. The molecule has 1 aromatic carbocycles. The predicted octanol–water partition coefficient (Wildman–Crippen LogP) is 2.21. The molecule has 0 atom stereocenters. The quantitative estimate of drug-likeness (QED) is 0.479. The van der Waals surface area contributed by atoms with Gasteiger partial charge in [-0.2, -0.15) is 13.2 Å². The number of ether oxygens (including phenoxy) is 2. The van der Waals surface area contributed by atoms with Gasteiger partial charge in [-0.25, -0.2) is 4.79 Å². The number of nitrogens with zero attached hydrogens (tertiary/aromatic N) is 1. The van der Waals surface area contributed by atoms with Crippen LogP contribution in [0.4, 0.5) is 18.9 Å². The van der Waals surface area contributed by atoms with Gasteiger partial charge in [0.15, 0.2) is 5.75 Å². The predicted molar refractivity (Wildman–Crippen MR) is 55.5 cm³/mol. The maximum absolute atomic E-state index is 11.9. The van der Waals surface area contributed by atoms with E-state index in [1.54, 1.807) is 0 Å². The SMILES string of the molecule is COc1cc(COC(=O)C(F)(F)F)ccc1[N+](=O)[O-]. The molecule has 0 bridgehead atoms. The number of rotatable bonds is 4. The van der Waals surface area contributed by atoms with Crippen molar-refractivity contribution in [1.82, 2.24) is 0 Å². The summed E-state index contributed by atoms with van der Waals surface area (Å²) in [6.45, 7) is -0.660. The maximum Gasteiger partial charge on any atom is 0.490 e. The molecule has 9 heteroatoms. The third kappa shape index (κ3) is 3.83. The Morgan fingerprint density at radius 2 is 2.05 bits per heavy atom. The average Bonchev–Trinajstić information content (AvgIpc) is 2.33. The summed E-state index contributed by atoms with van der Waals surface area (Å²) in [7, 11) is 1.17. The van der Waals surface area contributed by atoms with Gasteiger partial charge in [-0.15, -0.1) is 0 Å². The summed E-state index contributed by atoms with van der Waals surface area (Å²) in [6.07, 6.45) is -5.08. The minimum absolute atomic E-state index is 0.134. The van der Waals surface area contributed by atoms with Crippen LogP contribution in [0.25, 0.3) is 0 Å². The topological polar surface area (TPSA) is 78.7 Å². The fraction of sp³-hybridized carbons (Fsp3) is 0.300. The molecule has 0 saturated heterocycles. The minimum Gasteiger partial charge on any atom is -0.490 e. The van der Waals surface area contributed by atoms with E-state index in [2.05, 4.69) is 4.74 Å². The van der Waals surface area contributed by atoms with Crippen LogP contribution in [0.5, 0.6) is 5.75 Å². The van der Waals surface area contributed by atoms with Crippen molar-refractivity contribution < 1.29 is 32.4 Å². The van der Waals surface area contributed by atoms with Crippen LogP contribution in [0.15, 0.2) is 18.2 Å². The van der Waals surface area contributed by atoms with Crippen LogP contribution in [-0.4, -0.2) is 24.2 Å². The number of benzene rings is 1. The van der Waals surface area contributed by atoms with E-state index in [9.17, 15) is 28.1 Å². The number of nitro benzene ring substituents is 1. The van der Waals surface area contributed by atoms with E-state index in [0.29, 0.717) is 0 Å². The highest BCUT2D eigenvalue weighted by Crippen LogP contribution is 2.28. The van der Waals surface area contributed by atoms with Gasteiger partial charge in [0.2, 0.25) is 0 Å². The van der Waals surface area contributed by atoms with Gasteiger partial charge in [-0.05, 0) is 17.7 Å². The monoisotopic (exact) mass is 279 g/mol. The number of nitro groups is 1. The van der Waals surface area contributed by atoms with Crippen LogP contribution in [-0.2, 0) is 16.1 Å². The molecule has 0 aliphatic rings. The number of halogens is 3. The summed E-state index contributed by atoms with van der Waals surface area (Å²) >= 11 is 0. The smallest absolute Gasteiger partial charge is 0.490 e. The van der Waals surface area contributed by atoms with Crippen molar-refractivity contribution in [1.29, 1.82) is 0 Å². The first-order chi connectivity index (χ1) is 8.75. The molecular weight excluding hydrogens is 271 g/mol. The number of carbonyl (C=O) groups is 1. The second kappa shape index (κ2) is 5.55. The van der Waals surface area contributed by atoms with Crippen LogP contribution >= 0.6 is 0 Å². The summed E-state index contributed by atoms with van der Waals surface area (Å²) < 4.78 is 44.4. The second-order valence-electron chi connectivity index (χ2n) is 3.34. The molecule has 0 radical (unpaired) electrons. The highest BCUT2D eigenvalue weighted by Gasteiger charge is 2.40. The lowest BCUT2D eigenvalue weighted by molar-refractivity contribution is -0.385. The van der Waals surface area contributed by atoms with Crippen molar-refractivity contribution in [2.45, 2.75) is 12.8 Å². The third-order valence-corrected chi connectivity index (χ3v) is 2.04. The number of methoxy groups -OCH3 is 1. The van der Waals surface area contributed by atoms with Gasteiger partial charge in [0.05, 0.1) is 12.0 Å². The Hall–Kier alpha value is -2.32. The van der Waals surface area contributed by atoms with E-state index >= 15 is 0 Å². The summed E-state index contributed by atoms with van der Waals surface area (Å²) in [5, 5.41) is 10.6. The van der Waals surface area contributed by atoms with E-state index in [4.69, 9.17) is 4.74 Å². The average molecular weight is 279 g/mol. The molecule has 1 rings (SSSR count). The molecule has 0 aliphatic heterocycles. The standard InChI is InChI=1S/C10H8F3NO5/c1-18-8-4-6(2-3-7(8)14(16)17)5-19-9(15)10(11,12)13/h2-4H,5H2,1H3. The summed E-state index contributed by atoms with van der Waals surface area (Å²) in [6, 6.07) is 3.35. The van der Waals surface area contributed by atoms with Gasteiger partial charge in [-0.1, -0.05) is 0 Å². The van der Waals surface area contributed by atoms with Gasteiger partial charge in [0, 0.05) is 6.07 Å². The Morgan fingerprint density at radius 3 is 2.53 bits per heavy atom. The van der Waals surface area contributed by atoms with Gasteiger partial charge < -0.3 is 9.47 Å². The van der Waals surface area contributed by atoms with Crippen molar-refractivity contribution in [2.75, 3.05) is 7.11 Å². The lowest BCUT2D eigenvalue weighted by Crippen LogP contribution is -2.25. The van der Waals surface area contributed by atoms with E-state index in [1.807, 2.05) is 0 Å². The Balaban J connectivity index is 2.81. The molecule has 6 nitrogen and oxygen atoms in total. The molecule has 1 aromatic rings. The highest BCUT2D eigenvalue weighted by molar-refractivity contribution is 5.75. The Kier molecular flexibility index (Phi) is 4.30. The van der Waals surface area contributed by atoms with Gasteiger partial charge in [0.1, 0.15) is 6.61 Å². The van der Waals surface area contributed by atoms with Crippen molar-refractivity contribution in [3.8, 4) is 5.75 Å². The van der Waals surface area contributed by atoms with Gasteiger partial charge in [-0.3, -0.25) is 10.1 Å². The van der Waals surface area contributed by atoms with Crippen LogP contribution in [0.2, 0.25) is 0 Å². The van der Waals surface area contributed by atoms with E-state index in [1.165, 1.54) is 13.2 Å². The largest absolute Gasteiger partial charge is 0.490 e. The van der Waals surface area contributed by atoms with Crippen molar-refractivity contribution in [3.05, 3.63) is 33.9 Å². The fourth-order valence-corrected chi connectivity index (χ4v) is 1.19. The maximum atomic E-state index is 11.9. The van der Waals surface area contributed by atoms with E-state index in [-0.39, 0.29) is 17.0 Å². The van der Waals surface area contributed by atoms with Crippen LogP contribution in [0.3, 0.4) is 0 Å². The normalized spacial score (nSPS) is 10.9. The third-order valence-electron chi connectivity index (χ3n) is 2.04. The van der Waals surface area contributed by atoms with E-state index in [0.717, 1.165) is 12.1 Å². The lowest BCUT2D eigenvalue weighted by Gasteiger charge is -2.08. The zero-order valence-electron chi connectivity index (χ0n) is 9.56. The second-order valence-corrected chi connectivity index (χ2v) is 3.34. The lowest BCUT2D eigenvalue weighted by atomic mass is 10.2. The molecule has 0 unspecified atom stereocenters. The molecule has 0 amide bonds. The van der Waals surface area contributed by atoms with Crippen molar-refractivity contribution >= 4 is 11.7 Å².